The van der Waals surface area contributed by atoms with Crippen LogP contribution in [-0.4, -0.2) is 21.7 Å². The molecule has 0 fully saturated rings. The van der Waals surface area contributed by atoms with Crippen LogP contribution in [0.5, 0.6) is 0 Å². The van der Waals surface area contributed by atoms with Gasteiger partial charge in [0, 0.05) is 30.8 Å². The summed E-state index contributed by atoms with van der Waals surface area (Å²) in [7, 11) is 0. The van der Waals surface area contributed by atoms with Crippen LogP contribution in [0.15, 0.2) is 67.1 Å². The van der Waals surface area contributed by atoms with Crippen molar-refractivity contribution in [1.82, 2.24) is 14.5 Å². The molecule has 3 rings (SSSR count). The van der Waals surface area contributed by atoms with Gasteiger partial charge in [-0.1, -0.05) is 48.5 Å². The Bertz CT molecular complexity index is 856. The van der Waals surface area contributed by atoms with E-state index >= 15 is 0 Å². The first-order valence-corrected chi connectivity index (χ1v) is 8.65. The number of H-pyrrole nitrogens is 1. The van der Waals surface area contributed by atoms with Crippen molar-refractivity contribution in [3.63, 3.8) is 0 Å². The Labute approximate surface area is 152 Å². The van der Waals surface area contributed by atoms with Gasteiger partial charge in [0.05, 0.1) is 6.10 Å². The van der Waals surface area contributed by atoms with E-state index in [1.807, 2.05) is 43.3 Å². The van der Waals surface area contributed by atoms with Crippen LogP contribution in [0.2, 0.25) is 0 Å². The van der Waals surface area contributed by atoms with Crippen molar-refractivity contribution in [2.75, 3.05) is 6.61 Å². The van der Waals surface area contributed by atoms with E-state index in [0.717, 1.165) is 23.5 Å². The molecule has 0 saturated heterocycles. The number of isothiocyanates is 1. The molecule has 0 bridgehead atoms. The Kier molecular flexibility index (Phi) is 5.86. The number of hydrogen-bond donors (Lipinski definition) is 1. The molecule has 0 saturated carbocycles. The zero-order valence-corrected chi connectivity index (χ0v) is 14.9. The molecule has 1 aromatic heterocycles. The minimum Gasteiger partial charge on any atom is -0.373 e. The van der Waals surface area contributed by atoms with Gasteiger partial charge in [0.25, 0.3) is 0 Å². The number of aromatic amines is 1. The van der Waals surface area contributed by atoms with Crippen LogP contribution in [0.1, 0.15) is 24.2 Å². The molecule has 0 amide bonds. The molecule has 1 N–H and O–H groups in total. The van der Waals surface area contributed by atoms with E-state index < -0.39 is 0 Å². The Hall–Kier alpha value is -2.59. The van der Waals surface area contributed by atoms with Crippen molar-refractivity contribution in [1.29, 1.82) is 0 Å². The van der Waals surface area contributed by atoms with E-state index in [4.69, 9.17) is 17.0 Å². The number of para-hydroxylation sites is 1. The molecule has 1 unspecified atom stereocenters. The standard InChI is InChI=1S/C20H20N3OS/c1-2-24-19(12-16-8-4-3-5-9-16)17-10-6-7-11-18(17)23(15-25)20-13-21-14-22-20/h3-11,13-14,19H,2,12H2,1H3,(H,21,22)/q+1. The highest BCUT2D eigenvalue weighted by atomic mass is 32.1. The lowest BCUT2D eigenvalue weighted by Gasteiger charge is -2.19. The average molecular weight is 350 g/mol. The predicted molar refractivity (Wildman–Crippen MR) is 104 cm³/mol. The lowest BCUT2D eigenvalue weighted by Crippen LogP contribution is -2.12. The van der Waals surface area contributed by atoms with Gasteiger partial charge in [-0.05, 0) is 18.6 Å². The minimum absolute atomic E-state index is 0.0719. The highest BCUT2D eigenvalue weighted by molar-refractivity contribution is 7.78. The first-order chi connectivity index (χ1) is 12.3. The molecule has 5 heteroatoms. The SMILES string of the molecule is CCOC(Cc1ccccc1)c1ccccc1[N+](=C=S)c1cnc[nH]1. The largest absolute Gasteiger partial charge is 0.373 e. The first kappa shape index (κ1) is 17.2. The number of imidazole rings is 1. The fourth-order valence-corrected chi connectivity index (χ4v) is 3.05. The molecule has 0 aliphatic heterocycles. The highest BCUT2D eigenvalue weighted by Gasteiger charge is 2.22. The molecule has 126 valence electrons. The van der Waals surface area contributed by atoms with Crippen LogP contribution in [0, 0.1) is 0 Å². The fourth-order valence-electron chi connectivity index (χ4n) is 2.85. The smallest absolute Gasteiger partial charge is 0.313 e. The molecule has 0 aliphatic rings. The summed E-state index contributed by atoms with van der Waals surface area (Å²) >= 11 is 5.13. The summed E-state index contributed by atoms with van der Waals surface area (Å²) in [5, 5.41) is 2.81. The third-order valence-electron chi connectivity index (χ3n) is 3.97. The molecule has 0 spiro atoms. The number of nitrogens with one attached hydrogen (secondary N) is 1. The molecule has 3 aromatic rings. The van der Waals surface area contributed by atoms with Crippen LogP contribution >= 0.6 is 12.2 Å². The van der Waals surface area contributed by atoms with Gasteiger partial charge in [-0.25, -0.2) is 9.97 Å². The molecular formula is C20H20N3OS+. The zero-order valence-electron chi connectivity index (χ0n) is 14.1. The van der Waals surface area contributed by atoms with Gasteiger partial charge in [-0.2, -0.15) is 0 Å². The summed E-state index contributed by atoms with van der Waals surface area (Å²) in [5.74, 6) is 0.775. The topological polar surface area (TPSA) is 40.9 Å². The first-order valence-electron chi connectivity index (χ1n) is 8.24. The molecule has 1 atom stereocenters. The molecule has 1 heterocycles. The third-order valence-corrected chi connectivity index (χ3v) is 4.15. The molecule has 2 aromatic carbocycles. The summed E-state index contributed by atoms with van der Waals surface area (Å²) < 4.78 is 7.87. The van der Waals surface area contributed by atoms with Crippen LogP contribution < -0.4 is 4.58 Å². The Morgan fingerprint density at radius 2 is 1.92 bits per heavy atom. The maximum absolute atomic E-state index is 6.07. The summed E-state index contributed by atoms with van der Waals surface area (Å²) in [4.78, 5) is 7.16. The van der Waals surface area contributed by atoms with Gasteiger partial charge in [0.1, 0.15) is 11.9 Å². The van der Waals surface area contributed by atoms with Gasteiger partial charge in [0.2, 0.25) is 0 Å². The van der Waals surface area contributed by atoms with Crippen LogP contribution in [0.3, 0.4) is 0 Å². The minimum atomic E-state index is -0.0719. The Morgan fingerprint density at radius 1 is 1.16 bits per heavy atom. The summed E-state index contributed by atoms with van der Waals surface area (Å²) in [6.45, 7) is 2.65. The lowest BCUT2D eigenvalue weighted by molar-refractivity contribution is 0.0630. The van der Waals surface area contributed by atoms with Crippen LogP contribution in [-0.2, 0) is 11.2 Å². The number of hydrogen-bond acceptors (Lipinski definition) is 3. The van der Waals surface area contributed by atoms with Crippen LogP contribution in [0.4, 0.5) is 11.5 Å². The number of nitrogens with zero attached hydrogens (tertiary/aromatic N) is 2. The Morgan fingerprint density at radius 3 is 2.60 bits per heavy atom. The molecule has 25 heavy (non-hydrogen) atoms. The maximum Gasteiger partial charge on any atom is 0.313 e. The van der Waals surface area contributed by atoms with Crippen molar-refractivity contribution in [3.8, 4) is 0 Å². The maximum atomic E-state index is 6.07. The second-order valence-electron chi connectivity index (χ2n) is 5.56. The van der Waals surface area contributed by atoms with E-state index in [-0.39, 0.29) is 6.10 Å². The van der Waals surface area contributed by atoms with Crippen LogP contribution in [0.25, 0.3) is 0 Å². The second-order valence-corrected chi connectivity index (χ2v) is 5.74. The lowest BCUT2D eigenvalue weighted by atomic mass is 9.99. The van der Waals surface area contributed by atoms with Crippen molar-refractivity contribution in [2.24, 2.45) is 0 Å². The summed E-state index contributed by atoms with van der Waals surface area (Å²) in [5.41, 5.74) is 3.24. The molecule has 4 nitrogen and oxygen atoms in total. The monoisotopic (exact) mass is 350 g/mol. The number of rotatable bonds is 7. The van der Waals surface area contributed by atoms with Gasteiger partial charge >= 0.3 is 5.82 Å². The van der Waals surface area contributed by atoms with E-state index in [1.165, 1.54) is 5.56 Å². The van der Waals surface area contributed by atoms with E-state index in [2.05, 4.69) is 33.3 Å². The van der Waals surface area contributed by atoms with E-state index in [1.54, 1.807) is 17.1 Å². The van der Waals surface area contributed by atoms with Crippen molar-refractivity contribution < 1.29 is 4.74 Å². The number of aromatic nitrogens is 2. The number of benzene rings is 2. The van der Waals surface area contributed by atoms with Crippen molar-refractivity contribution >= 4 is 28.9 Å². The van der Waals surface area contributed by atoms with E-state index in [0.29, 0.717) is 6.61 Å². The molecule has 0 radical (unpaired) electrons. The normalized spacial score (nSPS) is 11.7. The van der Waals surface area contributed by atoms with E-state index in [9.17, 15) is 0 Å². The molecule has 0 aliphatic carbocycles. The summed E-state index contributed by atoms with van der Waals surface area (Å²) in [6, 6.07) is 18.5. The quantitative estimate of drug-likeness (QED) is 0.382. The highest BCUT2D eigenvalue weighted by Crippen LogP contribution is 2.31. The van der Waals surface area contributed by atoms with Gasteiger partial charge in [-0.3, -0.25) is 0 Å². The predicted octanol–water partition coefficient (Wildman–Crippen LogP) is 4.67. The molecular weight excluding hydrogens is 330 g/mol. The third kappa shape index (κ3) is 4.09. The van der Waals surface area contributed by atoms with Gasteiger partial charge < -0.3 is 4.74 Å². The van der Waals surface area contributed by atoms with Crippen molar-refractivity contribution in [2.45, 2.75) is 19.4 Å². The summed E-state index contributed by atoms with van der Waals surface area (Å²) in [6.07, 6.45) is 4.07. The Balaban J connectivity index is 2.01. The number of thiocarbonyl (C=S) groups is 1. The van der Waals surface area contributed by atoms with Gasteiger partial charge in [0.15, 0.2) is 11.5 Å². The van der Waals surface area contributed by atoms with Gasteiger partial charge in [-0.15, -0.1) is 4.58 Å². The fraction of sp³-hybridized carbons (Fsp3) is 0.200. The number of ether oxygens (including phenoxy) is 1. The zero-order chi connectivity index (χ0) is 17.5. The average Bonchev–Trinajstić information content (AvgIpc) is 3.18. The second kappa shape index (κ2) is 8.49. The van der Waals surface area contributed by atoms with Crippen molar-refractivity contribution in [3.05, 3.63) is 78.2 Å².